The molecule has 0 aliphatic carbocycles. The van der Waals surface area contributed by atoms with Crippen LogP contribution in [0.1, 0.15) is 15.9 Å². The molecule has 0 aliphatic rings. The van der Waals surface area contributed by atoms with Gasteiger partial charge in [-0.25, -0.2) is 8.91 Å². The molecule has 128 valence electrons. The van der Waals surface area contributed by atoms with Gasteiger partial charge in [-0.05, 0) is 36.5 Å². The predicted octanol–water partition coefficient (Wildman–Crippen LogP) is 4.13. The molecule has 26 heavy (non-hydrogen) atoms. The maximum absolute atomic E-state index is 13.5. The molecule has 0 fully saturated rings. The summed E-state index contributed by atoms with van der Waals surface area (Å²) >= 11 is 5.29. The molecule has 0 aliphatic heterocycles. The number of aromatic amines is 1. The van der Waals surface area contributed by atoms with Crippen molar-refractivity contribution in [3.8, 4) is 17.0 Å². The Labute approximate surface area is 152 Å². The van der Waals surface area contributed by atoms with E-state index in [4.69, 9.17) is 12.2 Å². The van der Waals surface area contributed by atoms with E-state index in [9.17, 15) is 14.3 Å². The Morgan fingerprint density at radius 1 is 1.15 bits per heavy atom. The average Bonchev–Trinajstić information content (AvgIpc) is 3.00. The van der Waals surface area contributed by atoms with E-state index in [0.717, 1.165) is 29.5 Å². The number of aromatic hydroxyl groups is 1. The number of carbonyl (C=O) groups excluding carboxylic acids is 1. The molecule has 0 unspecified atom stereocenters. The number of H-pyrrole nitrogens is 1. The van der Waals surface area contributed by atoms with Crippen LogP contribution in [0.5, 0.6) is 5.75 Å². The van der Waals surface area contributed by atoms with Crippen LogP contribution in [0.4, 0.5) is 4.39 Å². The molecule has 0 radical (unpaired) electrons. The summed E-state index contributed by atoms with van der Waals surface area (Å²) in [4.78, 5) is 15.8. The lowest BCUT2D eigenvalue weighted by molar-refractivity contribution is 0.103. The molecule has 0 spiro atoms. The number of ketones is 1. The van der Waals surface area contributed by atoms with Gasteiger partial charge in [-0.1, -0.05) is 30.3 Å². The second kappa shape index (κ2) is 6.20. The third kappa shape index (κ3) is 2.68. The number of rotatable bonds is 3. The fraction of sp³-hybridized carbons (Fsp3) is 0. The SMILES string of the molecule is O=C(c1cnn2c(=S)[nH]c(-c3ccccc3)c2c1)c1cc(F)ccc1O. The van der Waals surface area contributed by atoms with E-state index in [1.54, 1.807) is 6.07 Å². The second-order valence-corrected chi connectivity index (χ2v) is 6.09. The highest BCUT2D eigenvalue weighted by Gasteiger charge is 2.17. The summed E-state index contributed by atoms with van der Waals surface area (Å²) in [5.74, 6) is -1.41. The number of hydrogen-bond donors (Lipinski definition) is 2. The average molecular weight is 365 g/mol. The molecule has 0 saturated heterocycles. The first-order valence-electron chi connectivity index (χ1n) is 7.74. The molecule has 0 saturated carbocycles. The maximum atomic E-state index is 13.5. The molecule has 2 N–H and O–H groups in total. The highest BCUT2D eigenvalue weighted by Crippen LogP contribution is 2.26. The number of benzene rings is 2. The van der Waals surface area contributed by atoms with Crippen molar-refractivity contribution in [2.75, 3.05) is 0 Å². The van der Waals surface area contributed by atoms with E-state index in [-0.39, 0.29) is 16.9 Å². The van der Waals surface area contributed by atoms with Crippen LogP contribution in [0.15, 0.2) is 60.8 Å². The number of aromatic nitrogens is 3. The quantitative estimate of drug-likeness (QED) is 0.423. The van der Waals surface area contributed by atoms with Crippen LogP contribution < -0.4 is 0 Å². The molecule has 2 aromatic heterocycles. The lowest BCUT2D eigenvalue weighted by Crippen LogP contribution is -2.05. The molecule has 2 aromatic carbocycles. The smallest absolute Gasteiger partial charge is 0.199 e. The van der Waals surface area contributed by atoms with Crippen molar-refractivity contribution < 1.29 is 14.3 Å². The number of halogens is 1. The minimum atomic E-state index is -0.603. The molecule has 4 aromatic rings. The van der Waals surface area contributed by atoms with Gasteiger partial charge in [0.2, 0.25) is 0 Å². The predicted molar refractivity (Wildman–Crippen MR) is 97.3 cm³/mol. The van der Waals surface area contributed by atoms with Crippen molar-refractivity contribution in [1.82, 2.24) is 14.6 Å². The lowest BCUT2D eigenvalue weighted by atomic mass is 10.0. The summed E-state index contributed by atoms with van der Waals surface area (Å²) in [6, 6.07) is 14.4. The summed E-state index contributed by atoms with van der Waals surface area (Å²) in [6.07, 6.45) is 1.35. The van der Waals surface area contributed by atoms with Crippen molar-refractivity contribution >= 4 is 23.5 Å². The Morgan fingerprint density at radius 3 is 2.69 bits per heavy atom. The Morgan fingerprint density at radius 2 is 1.92 bits per heavy atom. The van der Waals surface area contributed by atoms with Gasteiger partial charge in [0.25, 0.3) is 0 Å². The third-order valence-electron chi connectivity index (χ3n) is 4.04. The summed E-state index contributed by atoms with van der Waals surface area (Å²) in [7, 11) is 0. The van der Waals surface area contributed by atoms with Crippen molar-refractivity contribution in [1.29, 1.82) is 0 Å². The van der Waals surface area contributed by atoms with Gasteiger partial charge in [0.1, 0.15) is 11.6 Å². The summed E-state index contributed by atoms with van der Waals surface area (Å²) in [5, 5.41) is 14.1. The summed E-state index contributed by atoms with van der Waals surface area (Å²) in [6.45, 7) is 0. The molecular weight excluding hydrogens is 353 g/mol. The van der Waals surface area contributed by atoms with Gasteiger partial charge >= 0.3 is 0 Å². The van der Waals surface area contributed by atoms with E-state index in [0.29, 0.717) is 10.3 Å². The number of hydrogen-bond acceptors (Lipinski definition) is 4. The fourth-order valence-corrected chi connectivity index (χ4v) is 3.03. The zero-order valence-electron chi connectivity index (χ0n) is 13.3. The second-order valence-electron chi connectivity index (χ2n) is 5.70. The number of carbonyl (C=O) groups is 1. The number of nitrogens with one attached hydrogen (secondary N) is 1. The minimum absolute atomic E-state index is 0.119. The topological polar surface area (TPSA) is 70.4 Å². The Hall–Kier alpha value is -3.32. The molecule has 7 heteroatoms. The first kappa shape index (κ1) is 16.2. The molecule has 0 amide bonds. The summed E-state index contributed by atoms with van der Waals surface area (Å²) < 4.78 is 15.4. The van der Waals surface area contributed by atoms with E-state index >= 15 is 0 Å². The van der Waals surface area contributed by atoms with E-state index in [1.807, 2.05) is 30.3 Å². The minimum Gasteiger partial charge on any atom is -0.507 e. The Balaban J connectivity index is 1.89. The normalized spacial score (nSPS) is 11.0. The van der Waals surface area contributed by atoms with Gasteiger partial charge < -0.3 is 10.1 Å². The molecule has 2 heterocycles. The first-order valence-corrected chi connectivity index (χ1v) is 8.15. The number of nitrogens with zero attached hydrogens (tertiary/aromatic N) is 2. The molecule has 0 bridgehead atoms. The van der Waals surface area contributed by atoms with Crippen LogP contribution in [-0.4, -0.2) is 25.5 Å². The Kier molecular flexibility index (Phi) is 3.85. The molecule has 5 nitrogen and oxygen atoms in total. The number of phenolic OH excluding ortho intramolecular Hbond substituents is 1. The lowest BCUT2D eigenvalue weighted by Gasteiger charge is -2.05. The number of phenols is 1. The van der Waals surface area contributed by atoms with E-state index in [1.165, 1.54) is 10.7 Å². The van der Waals surface area contributed by atoms with Gasteiger partial charge in [0, 0.05) is 11.1 Å². The van der Waals surface area contributed by atoms with Crippen molar-refractivity contribution in [2.24, 2.45) is 0 Å². The van der Waals surface area contributed by atoms with Crippen LogP contribution in [0.2, 0.25) is 0 Å². The van der Waals surface area contributed by atoms with Gasteiger partial charge in [-0.15, -0.1) is 0 Å². The number of fused-ring (bicyclic) bond motifs is 1. The van der Waals surface area contributed by atoms with Gasteiger partial charge in [0.15, 0.2) is 10.6 Å². The van der Waals surface area contributed by atoms with Crippen molar-refractivity contribution in [2.45, 2.75) is 0 Å². The maximum Gasteiger partial charge on any atom is 0.199 e. The van der Waals surface area contributed by atoms with Gasteiger partial charge in [-0.3, -0.25) is 4.79 Å². The third-order valence-corrected chi connectivity index (χ3v) is 4.32. The molecule has 4 rings (SSSR count). The van der Waals surface area contributed by atoms with Crippen LogP contribution in [0.25, 0.3) is 16.8 Å². The fourth-order valence-electron chi connectivity index (χ4n) is 2.79. The van der Waals surface area contributed by atoms with Crippen LogP contribution >= 0.6 is 12.2 Å². The zero-order chi connectivity index (χ0) is 18.3. The van der Waals surface area contributed by atoms with E-state index < -0.39 is 11.6 Å². The van der Waals surface area contributed by atoms with Crippen molar-refractivity contribution in [3.05, 3.63) is 82.5 Å². The highest BCUT2D eigenvalue weighted by molar-refractivity contribution is 7.71. The monoisotopic (exact) mass is 365 g/mol. The van der Waals surface area contributed by atoms with Crippen LogP contribution in [-0.2, 0) is 0 Å². The zero-order valence-corrected chi connectivity index (χ0v) is 14.1. The van der Waals surface area contributed by atoms with E-state index in [2.05, 4.69) is 10.1 Å². The van der Waals surface area contributed by atoms with Crippen LogP contribution in [0, 0.1) is 10.6 Å². The van der Waals surface area contributed by atoms with Gasteiger partial charge in [-0.2, -0.15) is 5.10 Å². The molecule has 0 atom stereocenters. The Bertz CT molecular complexity index is 1200. The summed E-state index contributed by atoms with van der Waals surface area (Å²) in [5.41, 5.74) is 2.33. The van der Waals surface area contributed by atoms with Gasteiger partial charge in [0.05, 0.1) is 23.0 Å². The standard InChI is InChI=1S/C19H12FN3O2S/c20-13-6-7-16(24)14(9-13)18(25)12-8-15-17(11-4-2-1-3-5-11)22-19(26)23(15)21-10-12/h1-10,24H,(H,22,26). The molecular formula is C19H12FN3O2S. The first-order chi connectivity index (χ1) is 12.5. The van der Waals surface area contributed by atoms with Crippen LogP contribution in [0.3, 0.4) is 0 Å². The number of imidazole rings is 1. The largest absolute Gasteiger partial charge is 0.507 e. The highest BCUT2D eigenvalue weighted by atomic mass is 32.1. The van der Waals surface area contributed by atoms with Crippen molar-refractivity contribution in [3.63, 3.8) is 0 Å².